The fraction of sp³-hybridized carbons (Fsp3) is 0.833. The lowest BCUT2D eigenvalue weighted by Gasteiger charge is -2.59. The maximum Gasteiger partial charge on any atom is 0.187 e. The van der Waals surface area contributed by atoms with Gasteiger partial charge in [0.05, 0.1) is 36.6 Å². The number of allylic oxidation sites excluding steroid dienone is 4. The molecule has 0 amide bonds. The number of Topliss-reactive ketones (excluding diaryl/α,β-unsaturated/α-hetero) is 2. The minimum absolute atomic E-state index is 0.0195. The van der Waals surface area contributed by atoms with E-state index >= 15 is 0 Å². The predicted molar refractivity (Wildman–Crippen MR) is 184 cm³/mol. The number of carbonyl (C=O) groups is 2. The Balaban J connectivity index is 1.20. The SMILES string of the molecule is CC1=CC2C(=O)C3CCCC4OC5OC(CO)C(O)C(O)(CC67CCCC6CCC6CNC(CC67)NCSSCC2(C(=O)C43)C(O)=C1)C5O. The van der Waals surface area contributed by atoms with Crippen molar-refractivity contribution in [2.45, 2.75) is 114 Å². The molecule has 3 aliphatic heterocycles. The van der Waals surface area contributed by atoms with Crippen molar-refractivity contribution in [2.24, 2.45) is 46.3 Å². The Morgan fingerprint density at radius 3 is 2.67 bits per heavy atom. The number of fused-ring (bicyclic) bond motifs is 3. The van der Waals surface area contributed by atoms with Crippen LogP contribution in [0.2, 0.25) is 0 Å². The van der Waals surface area contributed by atoms with E-state index in [9.17, 15) is 35.1 Å². The van der Waals surface area contributed by atoms with Crippen LogP contribution < -0.4 is 10.6 Å². The molecule has 7 N–H and O–H groups in total. The van der Waals surface area contributed by atoms with Crippen molar-refractivity contribution in [2.75, 3.05) is 24.8 Å². The molecular formula is C36H52N2O9S2. The number of carbonyl (C=O) groups excluding carboxylic acids is 2. The van der Waals surface area contributed by atoms with Crippen LogP contribution in [0.5, 0.6) is 0 Å². The molecular weight excluding hydrogens is 669 g/mol. The van der Waals surface area contributed by atoms with Crippen LogP contribution >= 0.6 is 21.6 Å². The van der Waals surface area contributed by atoms with Gasteiger partial charge >= 0.3 is 0 Å². The molecule has 6 bridgehead atoms. The quantitative estimate of drug-likeness (QED) is 0.197. The molecule has 15 unspecified atom stereocenters. The molecule has 0 aromatic rings. The summed E-state index contributed by atoms with van der Waals surface area (Å²) in [6, 6.07) is 0. The summed E-state index contributed by atoms with van der Waals surface area (Å²) in [5, 5.41) is 65.7. The highest BCUT2D eigenvalue weighted by atomic mass is 33.1. The van der Waals surface area contributed by atoms with E-state index in [-0.39, 0.29) is 47.0 Å². The lowest BCUT2D eigenvalue weighted by molar-refractivity contribution is -0.351. The highest BCUT2D eigenvalue weighted by Gasteiger charge is 2.66. The molecule has 15 atom stereocenters. The molecule has 0 aromatic carbocycles. The van der Waals surface area contributed by atoms with E-state index in [4.69, 9.17) is 9.47 Å². The summed E-state index contributed by atoms with van der Waals surface area (Å²) in [5.41, 5.74) is -3.05. The van der Waals surface area contributed by atoms with Crippen LogP contribution in [0.4, 0.5) is 0 Å². The molecule has 3 saturated heterocycles. The van der Waals surface area contributed by atoms with Gasteiger partial charge in [0.1, 0.15) is 40.9 Å². The summed E-state index contributed by atoms with van der Waals surface area (Å²) >= 11 is 0. The minimum atomic E-state index is -2.04. The lowest BCUT2D eigenvalue weighted by Crippen LogP contribution is -2.70. The second-order valence-corrected chi connectivity index (χ2v) is 18.8. The second kappa shape index (κ2) is 13.1. The van der Waals surface area contributed by atoms with Crippen molar-refractivity contribution in [3.8, 4) is 0 Å². The Bertz CT molecular complexity index is 1400. The molecule has 11 nitrogen and oxygen atoms in total. The average Bonchev–Trinajstić information content (AvgIpc) is 3.51. The van der Waals surface area contributed by atoms with Gasteiger partial charge in [-0.3, -0.25) is 14.9 Å². The maximum absolute atomic E-state index is 14.9. The van der Waals surface area contributed by atoms with Gasteiger partial charge in [0.15, 0.2) is 12.1 Å². The van der Waals surface area contributed by atoms with Crippen LogP contribution in [0.3, 0.4) is 0 Å². The molecule has 5 aliphatic carbocycles. The van der Waals surface area contributed by atoms with Gasteiger partial charge in [0, 0.05) is 11.7 Å². The number of hydrogen-bond donors (Lipinski definition) is 7. The molecule has 0 aromatic heterocycles. The van der Waals surface area contributed by atoms with Crippen LogP contribution in [0.15, 0.2) is 23.5 Å². The van der Waals surface area contributed by atoms with Crippen molar-refractivity contribution in [1.29, 1.82) is 0 Å². The third-order valence-electron chi connectivity index (χ3n) is 14.2. The third-order valence-corrected chi connectivity index (χ3v) is 16.4. The number of ketones is 2. The number of aliphatic hydroxyl groups excluding tert-OH is 4. The van der Waals surface area contributed by atoms with Gasteiger partial charge in [-0.15, -0.1) is 0 Å². The molecule has 8 rings (SSSR count). The van der Waals surface area contributed by atoms with E-state index in [1.807, 2.05) is 13.0 Å². The van der Waals surface area contributed by atoms with Crippen molar-refractivity contribution < 1.29 is 44.6 Å². The molecule has 0 radical (unpaired) electrons. The van der Waals surface area contributed by atoms with Crippen molar-refractivity contribution in [1.82, 2.24) is 10.6 Å². The van der Waals surface area contributed by atoms with E-state index in [1.165, 1.54) is 10.8 Å². The van der Waals surface area contributed by atoms with Gasteiger partial charge in [-0.25, -0.2) is 0 Å². The summed E-state index contributed by atoms with van der Waals surface area (Å²) in [6.45, 7) is 2.07. The Hall–Kier alpha value is -1.00. The zero-order chi connectivity index (χ0) is 34.3. The molecule has 8 aliphatic rings. The molecule has 272 valence electrons. The highest BCUT2D eigenvalue weighted by Crippen LogP contribution is 2.63. The Kier molecular flexibility index (Phi) is 9.40. The predicted octanol–water partition coefficient (Wildman–Crippen LogP) is 2.58. The molecule has 13 heteroatoms. The molecule has 3 heterocycles. The Morgan fingerprint density at radius 2 is 1.86 bits per heavy atom. The largest absolute Gasteiger partial charge is 0.511 e. The van der Waals surface area contributed by atoms with Crippen LogP contribution in [0.25, 0.3) is 0 Å². The topological polar surface area (TPSA) is 178 Å². The summed E-state index contributed by atoms with van der Waals surface area (Å²) in [7, 11) is 3.07. The summed E-state index contributed by atoms with van der Waals surface area (Å²) < 4.78 is 12.6. The molecule has 7 fully saturated rings. The second-order valence-electron chi connectivity index (χ2n) is 16.4. The third kappa shape index (κ3) is 5.38. The summed E-state index contributed by atoms with van der Waals surface area (Å²) in [4.78, 5) is 29.2. The van der Waals surface area contributed by atoms with Crippen molar-refractivity contribution >= 4 is 33.2 Å². The van der Waals surface area contributed by atoms with Crippen LogP contribution in [-0.4, -0.2) is 104 Å². The van der Waals surface area contributed by atoms with E-state index in [0.717, 1.165) is 50.6 Å². The first-order valence-electron chi connectivity index (χ1n) is 18.4. The van der Waals surface area contributed by atoms with Gasteiger partial charge in [0.2, 0.25) is 0 Å². The zero-order valence-corrected chi connectivity index (χ0v) is 29.8. The Labute approximate surface area is 295 Å². The smallest absolute Gasteiger partial charge is 0.187 e. The lowest BCUT2D eigenvalue weighted by atomic mass is 9.51. The van der Waals surface area contributed by atoms with Gasteiger partial charge in [0.25, 0.3) is 0 Å². The minimum Gasteiger partial charge on any atom is -0.511 e. The summed E-state index contributed by atoms with van der Waals surface area (Å²) in [5.74, 6) is -0.890. The normalized spacial score (nSPS) is 51.8. The number of ether oxygens (including phenoxy) is 2. The molecule has 4 saturated carbocycles. The number of hydrogen-bond acceptors (Lipinski definition) is 13. The fourth-order valence-corrected chi connectivity index (χ4v) is 14.2. The van der Waals surface area contributed by atoms with E-state index in [1.54, 1.807) is 16.9 Å². The van der Waals surface area contributed by atoms with Gasteiger partial charge in [-0.2, -0.15) is 0 Å². The monoisotopic (exact) mass is 720 g/mol. The van der Waals surface area contributed by atoms with Crippen molar-refractivity contribution in [3.63, 3.8) is 0 Å². The van der Waals surface area contributed by atoms with Gasteiger partial charge in [-0.05, 0) is 94.1 Å². The standard InChI is InChI=1S/C36H52N2O9S2/c1-18-10-23-29(41)21-5-2-6-24-28(21)31(43)35(23,26(40)11-18)16-48-49-17-38-27-12-22-19(13-37-27)7-8-20-4-3-9-34(20,22)15-36(45)30(42)25(14-39)47-33(46-24)32(36)44/h10-11,19-25,27-28,30,32-33,37-40,42,44-45H,2-9,12-17H2,1H3. The maximum atomic E-state index is 14.9. The number of rotatable bonds is 1. The van der Waals surface area contributed by atoms with Crippen LogP contribution in [0.1, 0.15) is 71.1 Å². The van der Waals surface area contributed by atoms with Gasteiger partial charge in [-0.1, -0.05) is 46.1 Å². The van der Waals surface area contributed by atoms with Crippen LogP contribution in [0, 0.1) is 46.3 Å². The molecule has 49 heavy (non-hydrogen) atoms. The first-order chi connectivity index (χ1) is 23.5. The average molecular weight is 721 g/mol. The first-order valence-corrected chi connectivity index (χ1v) is 20.9. The fourth-order valence-electron chi connectivity index (χ4n) is 11.8. The number of nitrogens with one attached hydrogen (secondary N) is 2. The first kappa shape index (κ1) is 35.1. The Morgan fingerprint density at radius 1 is 1.02 bits per heavy atom. The van der Waals surface area contributed by atoms with E-state index in [2.05, 4.69) is 10.6 Å². The highest BCUT2D eigenvalue weighted by molar-refractivity contribution is 8.76. The van der Waals surface area contributed by atoms with Gasteiger partial charge < -0.3 is 40.3 Å². The number of piperidine rings is 1. The molecule has 2 spiro atoms. The van der Waals surface area contributed by atoms with Crippen molar-refractivity contribution in [3.05, 3.63) is 23.5 Å². The summed E-state index contributed by atoms with van der Waals surface area (Å²) in [6.07, 6.45) is 4.40. The van der Waals surface area contributed by atoms with E-state index in [0.29, 0.717) is 37.0 Å². The number of aliphatic hydroxyl groups is 5. The van der Waals surface area contributed by atoms with E-state index < -0.39 is 66.1 Å². The zero-order valence-electron chi connectivity index (χ0n) is 28.2. The van der Waals surface area contributed by atoms with Crippen LogP contribution in [-0.2, 0) is 19.1 Å².